The molecule has 0 aromatic carbocycles. The van der Waals surface area contributed by atoms with Crippen LogP contribution in [-0.4, -0.2) is 60.1 Å². The molecule has 2 heterocycles. The standard InChI is InChI=1S/C14H21ClN2O2S/c1-16(2)10-14(19)5-3-7-17(8-6-14)13(18)12-11(15)4-9-20-12/h4,9,19H,3,5-8,10H2,1-2H3/t14-/m1/s1. The normalized spacial score (nSPS) is 23.9. The molecule has 0 spiro atoms. The Morgan fingerprint density at radius 2 is 2.25 bits per heavy atom. The summed E-state index contributed by atoms with van der Waals surface area (Å²) in [5.74, 6) is -0.0147. The van der Waals surface area contributed by atoms with E-state index in [1.54, 1.807) is 6.07 Å². The zero-order chi connectivity index (χ0) is 14.8. The molecule has 0 aliphatic carbocycles. The van der Waals surface area contributed by atoms with Crippen molar-refractivity contribution in [3.05, 3.63) is 21.3 Å². The van der Waals surface area contributed by atoms with Crippen molar-refractivity contribution in [1.29, 1.82) is 0 Å². The van der Waals surface area contributed by atoms with E-state index in [4.69, 9.17) is 11.6 Å². The van der Waals surface area contributed by atoms with Gasteiger partial charge in [0.1, 0.15) is 4.88 Å². The van der Waals surface area contributed by atoms with E-state index < -0.39 is 5.60 Å². The Labute approximate surface area is 128 Å². The number of thiophene rings is 1. The van der Waals surface area contributed by atoms with Crippen LogP contribution in [0, 0.1) is 0 Å². The predicted molar refractivity (Wildman–Crippen MR) is 82.6 cm³/mol. The van der Waals surface area contributed by atoms with Gasteiger partial charge in [0.2, 0.25) is 0 Å². The lowest BCUT2D eigenvalue weighted by Gasteiger charge is -2.29. The van der Waals surface area contributed by atoms with Crippen molar-refractivity contribution in [2.24, 2.45) is 0 Å². The molecule has 6 heteroatoms. The van der Waals surface area contributed by atoms with Crippen molar-refractivity contribution in [3.8, 4) is 0 Å². The van der Waals surface area contributed by atoms with Crippen LogP contribution in [0.15, 0.2) is 11.4 Å². The zero-order valence-corrected chi connectivity index (χ0v) is 13.5. The molecule has 20 heavy (non-hydrogen) atoms. The van der Waals surface area contributed by atoms with Crippen LogP contribution < -0.4 is 0 Å². The van der Waals surface area contributed by atoms with E-state index in [-0.39, 0.29) is 5.91 Å². The van der Waals surface area contributed by atoms with Crippen LogP contribution in [0.5, 0.6) is 0 Å². The maximum absolute atomic E-state index is 12.4. The number of rotatable bonds is 3. The number of amides is 1. The lowest BCUT2D eigenvalue weighted by atomic mass is 9.94. The Morgan fingerprint density at radius 3 is 2.85 bits per heavy atom. The second-order valence-electron chi connectivity index (χ2n) is 5.71. The fourth-order valence-corrected chi connectivity index (χ4v) is 3.82. The molecule has 1 saturated heterocycles. The molecule has 1 aromatic rings. The monoisotopic (exact) mass is 316 g/mol. The van der Waals surface area contributed by atoms with Crippen molar-refractivity contribution >= 4 is 28.8 Å². The lowest BCUT2D eigenvalue weighted by molar-refractivity contribution is 0.00306. The largest absolute Gasteiger partial charge is 0.388 e. The molecule has 4 nitrogen and oxygen atoms in total. The first-order valence-electron chi connectivity index (χ1n) is 6.81. The Morgan fingerprint density at radius 1 is 1.50 bits per heavy atom. The van der Waals surface area contributed by atoms with Gasteiger partial charge in [-0.2, -0.15) is 0 Å². The number of carbonyl (C=O) groups excluding carboxylic acids is 1. The van der Waals surface area contributed by atoms with E-state index in [1.807, 2.05) is 29.3 Å². The number of hydrogen-bond donors (Lipinski definition) is 1. The number of aliphatic hydroxyl groups is 1. The first-order valence-corrected chi connectivity index (χ1v) is 8.06. The lowest BCUT2D eigenvalue weighted by Crippen LogP contribution is -2.41. The topological polar surface area (TPSA) is 43.8 Å². The molecular weight excluding hydrogens is 296 g/mol. The number of halogens is 1. The summed E-state index contributed by atoms with van der Waals surface area (Å²) in [7, 11) is 3.91. The molecule has 1 aliphatic rings. The maximum Gasteiger partial charge on any atom is 0.265 e. The highest BCUT2D eigenvalue weighted by Crippen LogP contribution is 2.27. The number of likely N-dealkylation sites (N-methyl/N-ethyl adjacent to an activating group) is 1. The van der Waals surface area contributed by atoms with E-state index in [1.165, 1.54) is 11.3 Å². The van der Waals surface area contributed by atoms with Crippen molar-refractivity contribution in [2.75, 3.05) is 33.7 Å². The van der Waals surface area contributed by atoms with Gasteiger partial charge in [0.05, 0.1) is 10.6 Å². The molecule has 0 unspecified atom stereocenters. The highest BCUT2D eigenvalue weighted by Gasteiger charge is 2.32. The van der Waals surface area contributed by atoms with Gasteiger partial charge in [-0.3, -0.25) is 4.79 Å². The van der Waals surface area contributed by atoms with Crippen LogP contribution in [0.4, 0.5) is 0 Å². The summed E-state index contributed by atoms with van der Waals surface area (Å²) in [5, 5.41) is 13.0. The van der Waals surface area contributed by atoms with Gasteiger partial charge in [0.15, 0.2) is 0 Å². The molecule has 1 atom stereocenters. The molecule has 1 amide bonds. The molecule has 0 saturated carbocycles. The fourth-order valence-electron chi connectivity index (χ4n) is 2.72. The number of carbonyl (C=O) groups is 1. The smallest absolute Gasteiger partial charge is 0.265 e. The first-order chi connectivity index (χ1) is 9.41. The van der Waals surface area contributed by atoms with Crippen LogP contribution in [0.2, 0.25) is 5.02 Å². The number of likely N-dealkylation sites (tertiary alicyclic amines) is 1. The van der Waals surface area contributed by atoms with Gasteiger partial charge < -0.3 is 14.9 Å². The molecule has 1 fully saturated rings. The second-order valence-corrected chi connectivity index (χ2v) is 7.03. The third kappa shape index (κ3) is 3.73. The molecule has 0 radical (unpaired) electrons. The Bertz CT molecular complexity index is 477. The highest BCUT2D eigenvalue weighted by atomic mass is 35.5. The summed E-state index contributed by atoms with van der Waals surface area (Å²) in [4.78, 5) is 16.8. The van der Waals surface area contributed by atoms with Crippen LogP contribution in [0.1, 0.15) is 28.9 Å². The van der Waals surface area contributed by atoms with Gasteiger partial charge in [-0.15, -0.1) is 11.3 Å². The number of hydrogen-bond acceptors (Lipinski definition) is 4. The van der Waals surface area contributed by atoms with E-state index in [9.17, 15) is 9.90 Å². The van der Waals surface area contributed by atoms with E-state index in [0.29, 0.717) is 36.0 Å². The van der Waals surface area contributed by atoms with Crippen LogP contribution in [0.3, 0.4) is 0 Å². The molecule has 1 aliphatic heterocycles. The van der Waals surface area contributed by atoms with Gasteiger partial charge in [-0.1, -0.05) is 11.6 Å². The Hall–Kier alpha value is -0.620. The third-order valence-corrected chi connectivity index (χ3v) is 4.96. The fraction of sp³-hybridized carbons (Fsp3) is 0.643. The summed E-state index contributed by atoms with van der Waals surface area (Å²) in [6.45, 7) is 1.90. The van der Waals surface area contributed by atoms with E-state index in [2.05, 4.69) is 0 Å². The van der Waals surface area contributed by atoms with E-state index >= 15 is 0 Å². The van der Waals surface area contributed by atoms with Crippen molar-refractivity contribution in [2.45, 2.75) is 24.9 Å². The molecule has 112 valence electrons. The summed E-state index contributed by atoms with van der Waals surface area (Å²) in [6, 6.07) is 1.75. The zero-order valence-electron chi connectivity index (χ0n) is 11.9. The Balaban J connectivity index is 2.03. The second kappa shape index (κ2) is 6.43. The summed E-state index contributed by atoms with van der Waals surface area (Å²) < 4.78 is 0. The number of nitrogens with zero attached hydrogens (tertiary/aromatic N) is 2. The minimum Gasteiger partial charge on any atom is -0.388 e. The van der Waals surface area contributed by atoms with Gasteiger partial charge >= 0.3 is 0 Å². The molecular formula is C14H21ClN2O2S. The van der Waals surface area contributed by atoms with Crippen LogP contribution in [-0.2, 0) is 0 Å². The average Bonchev–Trinajstić information content (AvgIpc) is 2.68. The van der Waals surface area contributed by atoms with Gasteiger partial charge in [-0.05, 0) is 44.8 Å². The molecule has 1 N–H and O–H groups in total. The van der Waals surface area contributed by atoms with Crippen molar-refractivity contribution in [3.63, 3.8) is 0 Å². The molecule has 1 aromatic heterocycles. The van der Waals surface area contributed by atoms with Gasteiger partial charge in [0, 0.05) is 19.6 Å². The summed E-state index contributed by atoms with van der Waals surface area (Å²) >= 11 is 7.40. The van der Waals surface area contributed by atoms with E-state index in [0.717, 1.165) is 12.8 Å². The van der Waals surface area contributed by atoms with Crippen molar-refractivity contribution in [1.82, 2.24) is 9.80 Å². The Kier molecular flexibility index (Phi) is 5.07. The van der Waals surface area contributed by atoms with Gasteiger partial charge in [-0.25, -0.2) is 0 Å². The van der Waals surface area contributed by atoms with Gasteiger partial charge in [0.25, 0.3) is 5.91 Å². The summed E-state index contributed by atoms with van der Waals surface area (Å²) in [6.07, 6.45) is 2.16. The van der Waals surface area contributed by atoms with Crippen LogP contribution >= 0.6 is 22.9 Å². The quantitative estimate of drug-likeness (QED) is 0.930. The molecule has 0 bridgehead atoms. The highest BCUT2D eigenvalue weighted by molar-refractivity contribution is 7.12. The minimum absolute atomic E-state index is 0.0147. The van der Waals surface area contributed by atoms with Crippen LogP contribution in [0.25, 0.3) is 0 Å². The average molecular weight is 317 g/mol. The first kappa shape index (κ1) is 15.8. The summed E-state index contributed by atoms with van der Waals surface area (Å²) in [5.41, 5.74) is -0.697. The molecule has 2 rings (SSSR count). The third-order valence-electron chi connectivity index (χ3n) is 3.63. The van der Waals surface area contributed by atoms with Crippen molar-refractivity contribution < 1.29 is 9.90 Å². The maximum atomic E-state index is 12.4. The predicted octanol–water partition coefficient (Wildman–Crippen LogP) is 2.32. The minimum atomic E-state index is -0.697. The SMILES string of the molecule is CN(C)C[C@@]1(O)CCCN(C(=O)c2sccc2Cl)CC1.